The second kappa shape index (κ2) is 5.38. The maximum Gasteiger partial charge on any atom is 0.115 e. The fraction of sp³-hybridized carbons (Fsp3) is 0.200. The van der Waals surface area contributed by atoms with Gasteiger partial charge in [0.15, 0.2) is 0 Å². The number of fused-ring (bicyclic) bond motifs is 2. The largest absolute Gasteiger partial charge is 0.364 e. The number of nitrogens with one attached hydrogen (secondary N) is 1. The Hall–Kier alpha value is -3.26. The highest BCUT2D eigenvalue weighted by atomic mass is 15.1. The average Bonchev–Trinajstić information content (AvgIpc) is 3.03. The molecule has 1 aliphatic heterocycles. The quantitative estimate of drug-likeness (QED) is 0.747. The number of nitriles is 1. The van der Waals surface area contributed by atoms with Gasteiger partial charge in [0.25, 0.3) is 0 Å². The first-order valence-corrected chi connectivity index (χ1v) is 8.41. The fourth-order valence-corrected chi connectivity index (χ4v) is 3.87. The average molecular weight is 325 g/mol. The van der Waals surface area contributed by atoms with Gasteiger partial charge in [0.1, 0.15) is 5.69 Å². The van der Waals surface area contributed by atoms with Crippen LogP contribution in [0.4, 0.5) is 0 Å². The van der Waals surface area contributed by atoms with E-state index < -0.39 is 0 Å². The number of aryl methyl sites for hydroxylation is 2. The van der Waals surface area contributed by atoms with Crippen LogP contribution < -0.4 is 0 Å². The van der Waals surface area contributed by atoms with Gasteiger partial charge in [0, 0.05) is 29.6 Å². The van der Waals surface area contributed by atoms with Crippen LogP contribution in [0.3, 0.4) is 0 Å². The van der Waals surface area contributed by atoms with Gasteiger partial charge in [-0.15, -0.1) is 5.10 Å². The first-order valence-electron chi connectivity index (χ1n) is 8.41. The van der Waals surface area contributed by atoms with E-state index >= 15 is 0 Å². The molecule has 120 valence electrons. The van der Waals surface area contributed by atoms with Crippen molar-refractivity contribution < 1.29 is 0 Å². The molecule has 25 heavy (non-hydrogen) atoms. The van der Waals surface area contributed by atoms with Crippen molar-refractivity contribution in [3.63, 3.8) is 0 Å². The van der Waals surface area contributed by atoms with E-state index in [4.69, 9.17) is 10.3 Å². The first-order chi connectivity index (χ1) is 12.3. The summed E-state index contributed by atoms with van der Waals surface area (Å²) in [4.78, 5) is 8.39. The van der Waals surface area contributed by atoms with E-state index in [-0.39, 0.29) is 5.92 Å². The molecule has 0 amide bonds. The van der Waals surface area contributed by atoms with Crippen LogP contribution in [-0.4, -0.2) is 27.4 Å². The molecular weight excluding hydrogens is 310 g/mol. The molecule has 0 radical (unpaired) electrons. The van der Waals surface area contributed by atoms with Crippen molar-refractivity contribution in [2.75, 3.05) is 6.54 Å². The lowest BCUT2D eigenvalue weighted by molar-refractivity contribution is 0.779. The summed E-state index contributed by atoms with van der Waals surface area (Å²) in [7, 11) is 0. The number of hydrogen-bond acceptors (Lipinski definition) is 4. The van der Waals surface area contributed by atoms with E-state index in [1.54, 1.807) is 6.20 Å². The molecule has 0 spiro atoms. The van der Waals surface area contributed by atoms with Crippen LogP contribution in [0.1, 0.15) is 45.1 Å². The topological polar surface area (TPSA) is 77.7 Å². The van der Waals surface area contributed by atoms with Crippen LogP contribution >= 0.6 is 0 Å². The molecule has 0 bridgehead atoms. The van der Waals surface area contributed by atoms with E-state index in [2.05, 4.69) is 27.4 Å². The summed E-state index contributed by atoms with van der Waals surface area (Å²) in [5.41, 5.74) is 8.64. The molecule has 5 rings (SSSR count). The number of H-pyrrole nitrogens is 1. The van der Waals surface area contributed by atoms with Crippen molar-refractivity contribution in [2.45, 2.75) is 18.8 Å². The highest BCUT2D eigenvalue weighted by Gasteiger charge is 2.32. The maximum absolute atomic E-state index is 9.01. The van der Waals surface area contributed by atoms with Crippen molar-refractivity contribution in [3.8, 4) is 6.07 Å². The van der Waals surface area contributed by atoms with Crippen LogP contribution in [0, 0.1) is 11.3 Å². The van der Waals surface area contributed by atoms with Crippen LogP contribution in [0.25, 0.3) is 0 Å². The monoisotopic (exact) mass is 325 g/mol. The van der Waals surface area contributed by atoms with Crippen LogP contribution in [0.15, 0.2) is 47.7 Å². The summed E-state index contributed by atoms with van der Waals surface area (Å²) in [5, 5.41) is 17.5. The van der Waals surface area contributed by atoms with Crippen molar-refractivity contribution in [3.05, 3.63) is 81.9 Å². The number of hydrogen-bond donors (Lipinski definition) is 1. The molecule has 0 saturated carbocycles. The molecule has 5 heteroatoms. The molecule has 5 nitrogen and oxygen atoms in total. The lowest BCUT2D eigenvalue weighted by Crippen LogP contribution is -2.20. The predicted octanol–water partition coefficient (Wildman–Crippen LogP) is 2.76. The smallest absolute Gasteiger partial charge is 0.115 e. The van der Waals surface area contributed by atoms with E-state index in [0.717, 1.165) is 24.2 Å². The number of rotatable bonds is 1. The number of nitrogens with zero attached hydrogens (tertiary/aromatic N) is 4. The summed E-state index contributed by atoms with van der Waals surface area (Å²) >= 11 is 0. The Bertz CT molecular complexity index is 1040. The van der Waals surface area contributed by atoms with E-state index in [1.165, 1.54) is 27.9 Å². The minimum atomic E-state index is 0.179. The Morgan fingerprint density at radius 1 is 1.08 bits per heavy atom. The highest BCUT2D eigenvalue weighted by Crippen LogP contribution is 2.36. The van der Waals surface area contributed by atoms with E-state index in [9.17, 15) is 0 Å². The zero-order valence-corrected chi connectivity index (χ0v) is 13.5. The lowest BCUT2D eigenvalue weighted by atomic mass is 9.87. The van der Waals surface area contributed by atoms with Crippen molar-refractivity contribution in [1.29, 1.82) is 5.26 Å². The Balaban J connectivity index is 1.65. The first kappa shape index (κ1) is 14.1. The molecule has 0 fully saturated rings. The van der Waals surface area contributed by atoms with Gasteiger partial charge in [-0.2, -0.15) is 10.4 Å². The van der Waals surface area contributed by atoms with Gasteiger partial charge in [-0.1, -0.05) is 12.1 Å². The van der Waals surface area contributed by atoms with Gasteiger partial charge < -0.3 is 4.98 Å². The molecule has 1 N–H and O–H groups in total. The molecule has 1 unspecified atom stereocenters. The van der Waals surface area contributed by atoms with Gasteiger partial charge >= 0.3 is 0 Å². The molecular formula is C20H15N5. The Labute approximate surface area is 145 Å². The molecule has 2 aliphatic rings. The van der Waals surface area contributed by atoms with Gasteiger partial charge in [-0.25, -0.2) is 0 Å². The molecule has 1 atom stereocenters. The third-order valence-corrected chi connectivity index (χ3v) is 5.14. The van der Waals surface area contributed by atoms with Crippen LogP contribution in [0.2, 0.25) is 0 Å². The van der Waals surface area contributed by atoms with Gasteiger partial charge in [0.2, 0.25) is 0 Å². The number of aliphatic imine (C=N–C) groups is 1. The number of benzene rings is 1. The lowest BCUT2D eigenvalue weighted by Gasteiger charge is -2.22. The van der Waals surface area contributed by atoms with E-state index in [1.807, 2.05) is 30.3 Å². The molecule has 3 aromatic rings. The molecule has 1 aliphatic carbocycles. The Morgan fingerprint density at radius 3 is 2.76 bits per heavy atom. The molecule has 2 aromatic heterocycles. The summed E-state index contributed by atoms with van der Waals surface area (Å²) in [5.74, 6) is 0.179. The Kier molecular flexibility index (Phi) is 3.04. The number of aromatic amines is 1. The zero-order chi connectivity index (χ0) is 16.8. The third kappa shape index (κ3) is 2.11. The molecule has 1 aromatic carbocycles. The second-order valence-corrected chi connectivity index (χ2v) is 6.48. The van der Waals surface area contributed by atoms with Crippen molar-refractivity contribution >= 4 is 5.71 Å². The fourth-order valence-electron chi connectivity index (χ4n) is 3.87. The van der Waals surface area contributed by atoms with Gasteiger partial charge in [0.05, 0.1) is 23.9 Å². The number of aromatic nitrogens is 3. The van der Waals surface area contributed by atoms with Crippen molar-refractivity contribution in [1.82, 2.24) is 15.2 Å². The minimum Gasteiger partial charge on any atom is -0.364 e. The zero-order valence-electron chi connectivity index (χ0n) is 13.5. The van der Waals surface area contributed by atoms with Gasteiger partial charge in [-0.05, 0) is 47.7 Å². The van der Waals surface area contributed by atoms with E-state index in [0.29, 0.717) is 12.1 Å². The molecule has 0 saturated heterocycles. The summed E-state index contributed by atoms with van der Waals surface area (Å²) in [6.45, 7) is 0.671. The molecule has 3 heterocycles. The maximum atomic E-state index is 9.01. The predicted molar refractivity (Wildman–Crippen MR) is 93.7 cm³/mol. The summed E-state index contributed by atoms with van der Waals surface area (Å²) in [6, 6.07) is 12.0. The van der Waals surface area contributed by atoms with Crippen LogP contribution in [0.5, 0.6) is 0 Å². The van der Waals surface area contributed by atoms with Crippen molar-refractivity contribution in [2.24, 2.45) is 4.99 Å². The third-order valence-electron chi connectivity index (χ3n) is 5.14. The minimum absolute atomic E-state index is 0.179. The van der Waals surface area contributed by atoms with Gasteiger partial charge in [-0.3, -0.25) is 4.99 Å². The normalized spacial score (nSPS) is 17.7. The summed E-state index contributed by atoms with van der Waals surface area (Å²) < 4.78 is 0. The second-order valence-electron chi connectivity index (χ2n) is 6.48. The SMILES string of the molecule is N#Cc1ccc(C2CN=C3c4nnccc4CCc4c[nH]c2c43)cc1. The van der Waals surface area contributed by atoms with Crippen LogP contribution in [-0.2, 0) is 12.8 Å². The Morgan fingerprint density at radius 2 is 1.92 bits per heavy atom. The highest BCUT2D eigenvalue weighted by molar-refractivity contribution is 6.15. The summed E-state index contributed by atoms with van der Waals surface area (Å²) in [6.07, 6.45) is 5.80. The standard InChI is InChI=1S/C20H15N5/c21-9-12-1-3-13(4-2-12)16-11-23-20-17-15(10-22-19(16)17)6-5-14-7-8-24-25-18(14)20/h1-4,7-8,10,16,22H,5-6,11H2.